The summed E-state index contributed by atoms with van der Waals surface area (Å²) >= 11 is 0. The predicted molar refractivity (Wildman–Crippen MR) is 85.3 cm³/mol. The molecule has 1 N–H and O–H groups in total. The van der Waals surface area contributed by atoms with Crippen LogP contribution in [0.2, 0.25) is 0 Å². The Morgan fingerprint density at radius 2 is 1.76 bits per heavy atom. The summed E-state index contributed by atoms with van der Waals surface area (Å²) in [5, 5.41) is 11.8. The van der Waals surface area contributed by atoms with Gasteiger partial charge < -0.3 is 5.32 Å². The van der Waals surface area contributed by atoms with Crippen molar-refractivity contribution >= 4 is 11.0 Å². The first-order valence-corrected chi connectivity index (χ1v) is 7.43. The minimum atomic E-state index is 0.758. The molecule has 0 amide bonds. The zero-order chi connectivity index (χ0) is 14.5. The number of hydrogen-bond acceptors (Lipinski definition) is 3. The Bertz CT molecular complexity index is 700. The first-order valence-electron chi connectivity index (χ1n) is 7.43. The molecule has 0 radical (unpaired) electrons. The van der Waals surface area contributed by atoms with Gasteiger partial charge in [0.2, 0.25) is 0 Å². The molecule has 2 aromatic carbocycles. The number of nitrogens with zero attached hydrogens (tertiary/aromatic N) is 3. The van der Waals surface area contributed by atoms with Crippen molar-refractivity contribution in [1.29, 1.82) is 0 Å². The van der Waals surface area contributed by atoms with Gasteiger partial charge in [0.1, 0.15) is 5.52 Å². The number of hydrogen-bond donors (Lipinski definition) is 1. The Morgan fingerprint density at radius 3 is 2.57 bits per heavy atom. The summed E-state index contributed by atoms with van der Waals surface area (Å²) in [6.45, 7) is 4.94. The summed E-state index contributed by atoms with van der Waals surface area (Å²) in [6, 6.07) is 16.8. The molecule has 0 fully saturated rings. The van der Waals surface area contributed by atoms with E-state index in [1.165, 1.54) is 11.1 Å². The van der Waals surface area contributed by atoms with Crippen molar-refractivity contribution < 1.29 is 0 Å². The van der Waals surface area contributed by atoms with E-state index in [4.69, 9.17) is 0 Å². The van der Waals surface area contributed by atoms with Crippen LogP contribution in [-0.2, 0) is 13.0 Å². The third-order valence-electron chi connectivity index (χ3n) is 3.62. The minimum absolute atomic E-state index is 0.758. The van der Waals surface area contributed by atoms with E-state index in [1.54, 1.807) is 0 Å². The maximum Gasteiger partial charge on any atom is 0.113 e. The van der Waals surface area contributed by atoms with E-state index in [1.807, 2.05) is 22.9 Å². The molecule has 3 aromatic rings. The predicted octanol–water partition coefficient (Wildman–Crippen LogP) is 2.63. The monoisotopic (exact) mass is 280 g/mol. The van der Waals surface area contributed by atoms with Crippen LogP contribution >= 0.6 is 0 Å². The van der Waals surface area contributed by atoms with Crippen LogP contribution in [0.4, 0.5) is 0 Å². The number of likely N-dealkylation sites (N-methyl/N-ethyl adjacent to an activating group) is 1. The second-order valence-electron chi connectivity index (χ2n) is 5.16. The van der Waals surface area contributed by atoms with Crippen molar-refractivity contribution in [2.24, 2.45) is 0 Å². The van der Waals surface area contributed by atoms with E-state index in [9.17, 15) is 0 Å². The molecule has 0 aliphatic heterocycles. The number of rotatable bonds is 6. The highest BCUT2D eigenvalue weighted by molar-refractivity contribution is 5.73. The van der Waals surface area contributed by atoms with Crippen LogP contribution in [0.3, 0.4) is 0 Å². The summed E-state index contributed by atoms with van der Waals surface area (Å²) in [6.07, 6.45) is 1.07. The highest BCUT2D eigenvalue weighted by Gasteiger charge is 2.04. The minimum Gasteiger partial charge on any atom is -0.317 e. The first kappa shape index (κ1) is 13.8. The van der Waals surface area contributed by atoms with Crippen LogP contribution in [0.1, 0.15) is 18.1 Å². The lowest BCUT2D eigenvalue weighted by Gasteiger charge is -2.05. The summed E-state index contributed by atoms with van der Waals surface area (Å²) in [4.78, 5) is 0. The molecule has 4 heteroatoms. The third-order valence-corrected chi connectivity index (χ3v) is 3.62. The maximum atomic E-state index is 4.23. The Kier molecular flexibility index (Phi) is 4.26. The number of benzene rings is 2. The van der Waals surface area contributed by atoms with Crippen LogP contribution in [0.15, 0.2) is 48.5 Å². The molecular formula is C17H20N4. The highest BCUT2D eigenvalue weighted by Crippen LogP contribution is 2.12. The van der Waals surface area contributed by atoms with E-state index in [-0.39, 0.29) is 0 Å². The van der Waals surface area contributed by atoms with E-state index < -0.39 is 0 Å². The van der Waals surface area contributed by atoms with Crippen LogP contribution in [0, 0.1) is 0 Å². The van der Waals surface area contributed by atoms with Gasteiger partial charge in [-0.05, 0) is 42.8 Å². The van der Waals surface area contributed by atoms with E-state index in [0.717, 1.165) is 37.1 Å². The molecule has 0 spiro atoms. The molecule has 3 rings (SSSR count). The Labute approximate surface area is 124 Å². The number of aromatic nitrogens is 3. The third kappa shape index (κ3) is 3.28. The zero-order valence-electron chi connectivity index (χ0n) is 12.3. The Balaban J connectivity index is 1.70. The lowest BCUT2D eigenvalue weighted by Crippen LogP contribution is -2.16. The molecule has 4 nitrogen and oxygen atoms in total. The van der Waals surface area contributed by atoms with Gasteiger partial charge in [-0.2, -0.15) is 0 Å². The topological polar surface area (TPSA) is 42.7 Å². The molecule has 0 saturated heterocycles. The number of fused-ring (bicyclic) bond motifs is 1. The fourth-order valence-corrected chi connectivity index (χ4v) is 2.43. The molecule has 0 unspecified atom stereocenters. The molecule has 0 aliphatic carbocycles. The SMILES string of the molecule is CCNCCc1ccc(Cn2nnc3ccccc32)cc1. The summed E-state index contributed by atoms with van der Waals surface area (Å²) in [5.41, 5.74) is 4.63. The Morgan fingerprint density at radius 1 is 1.00 bits per heavy atom. The van der Waals surface area contributed by atoms with Crippen LogP contribution in [-0.4, -0.2) is 28.1 Å². The van der Waals surface area contributed by atoms with Crippen molar-refractivity contribution in [2.75, 3.05) is 13.1 Å². The fourth-order valence-electron chi connectivity index (χ4n) is 2.43. The van der Waals surface area contributed by atoms with Crippen molar-refractivity contribution in [3.63, 3.8) is 0 Å². The summed E-state index contributed by atoms with van der Waals surface area (Å²) < 4.78 is 1.95. The molecular weight excluding hydrogens is 260 g/mol. The summed E-state index contributed by atoms with van der Waals surface area (Å²) in [7, 11) is 0. The molecule has 0 atom stereocenters. The molecule has 108 valence electrons. The lowest BCUT2D eigenvalue weighted by atomic mass is 10.1. The largest absolute Gasteiger partial charge is 0.317 e. The van der Waals surface area contributed by atoms with E-state index in [2.05, 4.69) is 52.9 Å². The van der Waals surface area contributed by atoms with Gasteiger partial charge in [-0.15, -0.1) is 5.10 Å². The van der Waals surface area contributed by atoms with Gasteiger partial charge in [0.05, 0.1) is 12.1 Å². The van der Waals surface area contributed by atoms with Gasteiger partial charge in [-0.3, -0.25) is 0 Å². The van der Waals surface area contributed by atoms with Crippen molar-refractivity contribution in [1.82, 2.24) is 20.3 Å². The molecule has 0 aliphatic rings. The van der Waals surface area contributed by atoms with Crippen molar-refractivity contribution in [3.8, 4) is 0 Å². The molecule has 1 heterocycles. The van der Waals surface area contributed by atoms with E-state index in [0.29, 0.717) is 0 Å². The highest BCUT2D eigenvalue weighted by atomic mass is 15.4. The van der Waals surface area contributed by atoms with Crippen LogP contribution in [0.5, 0.6) is 0 Å². The van der Waals surface area contributed by atoms with E-state index >= 15 is 0 Å². The Hall–Kier alpha value is -2.20. The number of para-hydroxylation sites is 1. The second-order valence-corrected chi connectivity index (χ2v) is 5.16. The van der Waals surface area contributed by atoms with Gasteiger partial charge in [0.15, 0.2) is 0 Å². The normalized spacial score (nSPS) is 11.1. The maximum absolute atomic E-state index is 4.23. The molecule has 0 bridgehead atoms. The van der Waals surface area contributed by atoms with Gasteiger partial charge in [0.25, 0.3) is 0 Å². The van der Waals surface area contributed by atoms with Gasteiger partial charge in [0, 0.05) is 0 Å². The fraction of sp³-hybridized carbons (Fsp3) is 0.294. The quantitative estimate of drug-likeness (QED) is 0.706. The van der Waals surface area contributed by atoms with Crippen LogP contribution < -0.4 is 5.32 Å². The number of nitrogens with one attached hydrogen (secondary N) is 1. The lowest BCUT2D eigenvalue weighted by molar-refractivity contribution is 0.669. The van der Waals surface area contributed by atoms with Gasteiger partial charge >= 0.3 is 0 Å². The second kappa shape index (κ2) is 6.50. The van der Waals surface area contributed by atoms with Gasteiger partial charge in [-0.1, -0.05) is 48.5 Å². The molecule has 1 aromatic heterocycles. The van der Waals surface area contributed by atoms with Crippen molar-refractivity contribution in [2.45, 2.75) is 19.9 Å². The smallest absolute Gasteiger partial charge is 0.113 e. The van der Waals surface area contributed by atoms with Crippen LogP contribution in [0.25, 0.3) is 11.0 Å². The molecule has 0 saturated carbocycles. The van der Waals surface area contributed by atoms with Gasteiger partial charge in [-0.25, -0.2) is 4.68 Å². The zero-order valence-corrected chi connectivity index (χ0v) is 12.3. The first-order chi connectivity index (χ1) is 10.4. The summed E-state index contributed by atoms with van der Waals surface area (Å²) in [5.74, 6) is 0. The molecule has 21 heavy (non-hydrogen) atoms. The standard InChI is InChI=1S/C17H20N4/c1-2-18-12-11-14-7-9-15(10-8-14)13-21-17-6-4-3-5-16(17)19-20-21/h3-10,18H,2,11-13H2,1H3. The van der Waals surface area contributed by atoms with Crippen molar-refractivity contribution in [3.05, 3.63) is 59.7 Å². The average molecular weight is 280 g/mol. The average Bonchev–Trinajstić information content (AvgIpc) is 2.93.